The van der Waals surface area contributed by atoms with Crippen molar-refractivity contribution in [2.45, 2.75) is 22.8 Å². The molecule has 3 aromatic carbocycles. The van der Waals surface area contributed by atoms with Crippen LogP contribution in [0.25, 0.3) is 10.9 Å². The maximum atomic E-state index is 13.7. The minimum atomic E-state index is -0.636. The van der Waals surface area contributed by atoms with Gasteiger partial charge in [0, 0.05) is 71.9 Å². The van der Waals surface area contributed by atoms with Crippen LogP contribution in [0.3, 0.4) is 0 Å². The minimum absolute atomic E-state index is 0.0160. The lowest BCUT2D eigenvalue weighted by Gasteiger charge is -2.34. The fourth-order valence-electron chi connectivity index (χ4n) is 4.72. The SMILES string of the molecule is COCC(C)Nc1cc(N2CCN(C)CC2)ccc1C(=O)Nc1n[nH]c2ccc(Sc3cc(F)cc(F)c3)cc12. The van der Waals surface area contributed by atoms with E-state index in [0.717, 1.165) is 48.3 Å². The van der Waals surface area contributed by atoms with Gasteiger partial charge in [-0.05, 0) is 62.5 Å². The largest absolute Gasteiger partial charge is 0.383 e. The third-order valence-electron chi connectivity index (χ3n) is 6.77. The number of carbonyl (C=O) groups excluding carboxylic acids is 1. The summed E-state index contributed by atoms with van der Waals surface area (Å²) in [5, 5.41) is 14.3. The molecule has 0 bridgehead atoms. The van der Waals surface area contributed by atoms with Gasteiger partial charge in [0.05, 0.1) is 17.7 Å². The van der Waals surface area contributed by atoms with Crippen LogP contribution in [0.4, 0.5) is 26.0 Å². The molecule has 40 heavy (non-hydrogen) atoms. The molecule has 1 amide bonds. The molecule has 1 unspecified atom stereocenters. The molecular weight excluding hydrogens is 534 g/mol. The fourth-order valence-corrected chi connectivity index (χ4v) is 5.65. The number of nitrogens with zero attached hydrogens (tertiary/aromatic N) is 3. The van der Waals surface area contributed by atoms with Gasteiger partial charge in [0.15, 0.2) is 5.82 Å². The van der Waals surface area contributed by atoms with Crippen LogP contribution in [-0.4, -0.2) is 74.0 Å². The van der Waals surface area contributed by atoms with E-state index >= 15 is 0 Å². The van der Waals surface area contributed by atoms with Gasteiger partial charge in [-0.1, -0.05) is 11.8 Å². The Hall–Kier alpha value is -3.67. The van der Waals surface area contributed by atoms with Crippen LogP contribution in [0.2, 0.25) is 0 Å². The average molecular weight is 567 g/mol. The van der Waals surface area contributed by atoms with Gasteiger partial charge in [-0.15, -0.1) is 0 Å². The van der Waals surface area contributed by atoms with E-state index in [4.69, 9.17) is 4.74 Å². The Bertz CT molecular complexity index is 1490. The highest BCUT2D eigenvalue weighted by Gasteiger charge is 2.20. The van der Waals surface area contributed by atoms with Crippen molar-refractivity contribution < 1.29 is 18.3 Å². The summed E-state index contributed by atoms with van der Waals surface area (Å²) < 4.78 is 32.6. The van der Waals surface area contributed by atoms with Gasteiger partial charge in [-0.2, -0.15) is 5.10 Å². The summed E-state index contributed by atoms with van der Waals surface area (Å²) in [6, 6.07) is 14.7. The highest BCUT2D eigenvalue weighted by atomic mass is 32.2. The van der Waals surface area contributed by atoms with Crippen molar-refractivity contribution in [3.63, 3.8) is 0 Å². The van der Waals surface area contributed by atoms with Crippen LogP contribution in [-0.2, 0) is 4.74 Å². The Morgan fingerprint density at radius 3 is 2.52 bits per heavy atom. The predicted octanol–water partition coefficient (Wildman–Crippen LogP) is 5.44. The van der Waals surface area contributed by atoms with Crippen LogP contribution in [0.5, 0.6) is 0 Å². The number of nitrogens with one attached hydrogen (secondary N) is 3. The number of hydrogen-bond donors (Lipinski definition) is 3. The van der Waals surface area contributed by atoms with E-state index < -0.39 is 11.6 Å². The summed E-state index contributed by atoms with van der Waals surface area (Å²) in [4.78, 5) is 19.4. The van der Waals surface area contributed by atoms with E-state index in [-0.39, 0.29) is 11.9 Å². The Kier molecular flexibility index (Phi) is 8.53. The second kappa shape index (κ2) is 12.2. The second-order valence-electron chi connectivity index (χ2n) is 9.96. The van der Waals surface area contributed by atoms with Gasteiger partial charge in [0.2, 0.25) is 0 Å². The maximum absolute atomic E-state index is 13.7. The molecule has 1 aliphatic heterocycles. The quantitative estimate of drug-likeness (QED) is 0.249. The Morgan fingerprint density at radius 1 is 1.05 bits per heavy atom. The van der Waals surface area contributed by atoms with Gasteiger partial charge in [-0.3, -0.25) is 9.89 Å². The van der Waals surface area contributed by atoms with Crippen LogP contribution in [0.1, 0.15) is 17.3 Å². The molecule has 5 rings (SSSR count). The molecule has 1 aliphatic rings. The monoisotopic (exact) mass is 566 g/mol. The maximum Gasteiger partial charge on any atom is 0.258 e. The van der Waals surface area contributed by atoms with E-state index in [1.165, 1.54) is 23.9 Å². The first-order valence-electron chi connectivity index (χ1n) is 13.1. The van der Waals surface area contributed by atoms with E-state index in [2.05, 4.69) is 37.7 Å². The Labute approximate surface area is 236 Å². The Balaban J connectivity index is 1.40. The lowest BCUT2D eigenvalue weighted by Crippen LogP contribution is -2.44. The van der Waals surface area contributed by atoms with Crippen LogP contribution >= 0.6 is 11.8 Å². The molecule has 1 aromatic heterocycles. The number of H-pyrrole nitrogens is 1. The third kappa shape index (κ3) is 6.55. The van der Waals surface area contributed by atoms with Gasteiger partial charge in [-0.25, -0.2) is 8.78 Å². The zero-order valence-corrected chi connectivity index (χ0v) is 23.4. The third-order valence-corrected chi connectivity index (χ3v) is 7.73. The first-order chi connectivity index (χ1) is 19.3. The van der Waals surface area contributed by atoms with E-state index in [1.54, 1.807) is 7.11 Å². The van der Waals surface area contributed by atoms with Crippen molar-refractivity contribution in [2.24, 2.45) is 0 Å². The normalized spacial score (nSPS) is 14.9. The van der Waals surface area contributed by atoms with Crippen LogP contribution in [0.15, 0.2) is 64.4 Å². The van der Waals surface area contributed by atoms with Crippen molar-refractivity contribution >= 4 is 45.8 Å². The molecule has 0 saturated carbocycles. The molecule has 0 radical (unpaired) electrons. The molecule has 11 heteroatoms. The molecule has 2 heterocycles. The Morgan fingerprint density at radius 2 is 1.80 bits per heavy atom. The van der Waals surface area contributed by atoms with Gasteiger partial charge >= 0.3 is 0 Å². The molecular formula is C29H32F2N6O2S. The number of rotatable bonds is 9. The standard InChI is InChI=1S/C29H32F2N6O2S/c1-18(17-39-3)32-27-15-21(37-10-8-36(2)9-11-37)4-6-24(27)29(38)33-28-25-16-22(5-7-26(25)34-35-28)40-23-13-19(30)12-20(31)14-23/h4-7,12-16,18,32H,8-11,17H2,1-3H3,(H2,33,34,35,38). The highest BCUT2D eigenvalue weighted by Crippen LogP contribution is 2.33. The first-order valence-corrected chi connectivity index (χ1v) is 13.9. The van der Waals surface area contributed by atoms with Crippen molar-refractivity contribution in [1.29, 1.82) is 0 Å². The van der Waals surface area contributed by atoms with Gasteiger partial charge in [0.25, 0.3) is 5.91 Å². The van der Waals surface area contributed by atoms with Crippen molar-refractivity contribution in [3.05, 3.63) is 71.8 Å². The number of likely N-dealkylation sites (N-methyl/N-ethyl adjacent to an activating group) is 1. The van der Waals surface area contributed by atoms with Crippen molar-refractivity contribution in [2.75, 3.05) is 62.5 Å². The van der Waals surface area contributed by atoms with Crippen molar-refractivity contribution in [3.8, 4) is 0 Å². The van der Waals surface area contributed by atoms with E-state index in [0.29, 0.717) is 34.0 Å². The zero-order chi connectivity index (χ0) is 28.2. The number of anilines is 3. The lowest BCUT2D eigenvalue weighted by molar-refractivity contribution is 0.102. The number of carbonyl (C=O) groups is 1. The number of halogens is 2. The average Bonchev–Trinajstić information content (AvgIpc) is 3.30. The van der Waals surface area contributed by atoms with Gasteiger partial charge in [0.1, 0.15) is 11.6 Å². The van der Waals surface area contributed by atoms with E-state index in [9.17, 15) is 13.6 Å². The summed E-state index contributed by atoms with van der Waals surface area (Å²) in [5.41, 5.74) is 2.97. The molecule has 3 N–H and O–H groups in total. The topological polar surface area (TPSA) is 85.5 Å². The molecule has 8 nitrogen and oxygen atoms in total. The summed E-state index contributed by atoms with van der Waals surface area (Å²) in [6.45, 7) is 6.27. The fraction of sp³-hybridized carbons (Fsp3) is 0.310. The highest BCUT2D eigenvalue weighted by molar-refractivity contribution is 7.99. The van der Waals surface area contributed by atoms with E-state index in [1.807, 2.05) is 43.3 Å². The predicted molar refractivity (Wildman–Crippen MR) is 156 cm³/mol. The summed E-state index contributed by atoms with van der Waals surface area (Å²) in [5.74, 6) is -1.21. The van der Waals surface area contributed by atoms with Crippen LogP contribution < -0.4 is 15.5 Å². The number of aromatic amines is 1. The number of fused-ring (bicyclic) bond motifs is 1. The molecule has 1 fully saturated rings. The summed E-state index contributed by atoms with van der Waals surface area (Å²) >= 11 is 1.22. The summed E-state index contributed by atoms with van der Waals surface area (Å²) in [7, 11) is 3.76. The molecule has 0 spiro atoms. The van der Waals surface area contributed by atoms with Gasteiger partial charge < -0.3 is 25.2 Å². The number of methoxy groups -OCH3 is 1. The number of amides is 1. The molecule has 4 aromatic rings. The van der Waals surface area contributed by atoms with Crippen LogP contribution in [0, 0.1) is 11.6 Å². The second-order valence-corrected chi connectivity index (χ2v) is 11.1. The first kappa shape index (κ1) is 27.9. The molecule has 1 atom stereocenters. The number of hydrogen-bond acceptors (Lipinski definition) is 7. The minimum Gasteiger partial charge on any atom is -0.383 e. The number of benzene rings is 3. The molecule has 0 aliphatic carbocycles. The van der Waals surface area contributed by atoms with Crippen molar-refractivity contribution in [1.82, 2.24) is 15.1 Å². The molecule has 1 saturated heterocycles. The number of ether oxygens (including phenoxy) is 1. The smallest absolute Gasteiger partial charge is 0.258 e. The zero-order valence-electron chi connectivity index (χ0n) is 22.6. The summed E-state index contributed by atoms with van der Waals surface area (Å²) in [6.07, 6.45) is 0. The lowest BCUT2D eigenvalue weighted by atomic mass is 10.1. The number of aromatic nitrogens is 2. The molecule has 210 valence electrons. The number of piperazine rings is 1.